The summed E-state index contributed by atoms with van der Waals surface area (Å²) >= 11 is 0. The molecule has 2 unspecified atom stereocenters. The number of aryl methyl sites for hydroxylation is 1. The molecule has 1 aliphatic rings. The monoisotopic (exact) mass is 274 g/mol. The van der Waals surface area contributed by atoms with Gasteiger partial charge in [-0.1, -0.05) is 43.7 Å². The molecule has 2 N–H and O–H groups in total. The molecular formula is C18H30N2. The number of piperidine rings is 1. The highest BCUT2D eigenvalue weighted by molar-refractivity contribution is 5.14. The topological polar surface area (TPSA) is 29.3 Å². The number of benzene rings is 1. The van der Waals surface area contributed by atoms with Gasteiger partial charge >= 0.3 is 0 Å². The van der Waals surface area contributed by atoms with E-state index in [2.05, 4.69) is 42.2 Å². The maximum absolute atomic E-state index is 6.01. The van der Waals surface area contributed by atoms with Crippen LogP contribution in [0.5, 0.6) is 0 Å². The van der Waals surface area contributed by atoms with Crippen molar-refractivity contribution >= 4 is 0 Å². The number of nitrogens with zero attached hydrogens (tertiary/aromatic N) is 1. The highest BCUT2D eigenvalue weighted by Crippen LogP contribution is 2.26. The molecule has 1 fully saturated rings. The molecule has 20 heavy (non-hydrogen) atoms. The molecular weight excluding hydrogens is 244 g/mol. The zero-order chi connectivity index (χ0) is 14.2. The average Bonchev–Trinajstić information content (AvgIpc) is 2.52. The summed E-state index contributed by atoms with van der Waals surface area (Å²) in [4.78, 5) is 2.66. The van der Waals surface area contributed by atoms with E-state index in [1.165, 1.54) is 57.2 Å². The zero-order valence-corrected chi connectivity index (χ0v) is 12.9. The Morgan fingerprint density at radius 3 is 2.70 bits per heavy atom. The summed E-state index contributed by atoms with van der Waals surface area (Å²) in [7, 11) is 0. The third kappa shape index (κ3) is 4.32. The first kappa shape index (κ1) is 15.5. The van der Waals surface area contributed by atoms with Crippen LogP contribution in [0.2, 0.25) is 0 Å². The van der Waals surface area contributed by atoms with Gasteiger partial charge in [0.2, 0.25) is 0 Å². The van der Waals surface area contributed by atoms with E-state index in [0.29, 0.717) is 6.04 Å². The van der Waals surface area contributed by atoms with E-state index in [1.54, 1.807) is 0 Å². The van der Waals surface area contributed by atoms with Crippen molar-refractivity contribution < 1.29 is 0 Å². The van der Waals surface area contributed by atoms with Crippen LogP contribution in [0.25, 0.3) is 0 Å². The molecule has 0 amide bonds. The summed E-state index contributed by atoms with van der Waals surface area (Å²) in [6.07, 6.45) is 7.80. The zero-order valence-electron chi connectivity index (χ0n) is 12.9. The summed E-state index contributed by atoms with van der Waals surface area (Å²) in [5.74, 6) is 0.822. The van der Waals surface area contributed by atoms with Crippen molar-refractivity contribution in [3.05, 3.63) is 35.9 Å². The number of likely N-dealkylation sites (tertiary alicyclic amines) is 1. The lowest BCUT2D eigenvalue weighted by Crippen LogP contribution is -2.49. The number of nitrogens with two attached hydrogens (primary N) is 1. The molecule has 0 aliphatic carbocycles. The summed E-state index contributed by atoms with van der Waals surface area (Å²) in [6.45, 7) is 5.62. The van der Waals surface area contributed by atoms with Gasteiger partial charge in [-0.05, 0) is 56.7 Å². The third-order valence-corrected chi connectivity index (χ3v) is 4.80. The van der Waals surface area contributed by atoms with Crippen molar-refractivity contribution in [3.8, 4) is 0 Å². The van der Waals surface area contributed by atoms with Gasteiger partial charge in [0.1, 0.15) is 0 Å². The van der Waals surface area contributed by atoms with Crippen molar-refractivity contribution in [2.45, 2.75) is 51.5 Å². The Labute approximate surface area is 124 Å². The average molecular weight is 274 g/mol. The second-order valence-corrected chi connectivity index (χ2v) is 6.09. The molecule has 1 heterocycles. The molecule has 0 bridgehead atoms. The Hall–Kier alpha value is -0.860. The van der Waals surface area contributed by atoms with Crippen molar-refractivity contribution in [1.29, 1.82) is 0 Å². The van der Waals surface area contributed by atoms with Gasteiger partial charge in [0.15, 0.2) is 0 Å². The van der Waals surface area contributed by atoms with Crippen molar-refractivity contribution in [2.24, 2.45) is 11.7 Å². The second-order valence-electron chi connectivity index (χ2n) is 6.09. The number of unbranched alkanes of at least 4 members (excludes halogenated alkanes) is 1. The molecule has 0 radical (unpaired) electrons. The molecule has 2 nitrogen and oxygen atoms in total. The minimum atomic E-state index is 0.630. The molecule has 1 aromatic rings. The Morgan fingerprint density at radius 1 is 1.20 bits per heavy atom. The normalized spacial score (nSPS) is 23.9. The standard InChI is InChI=1S/C18H30N2/c1-2-17-12-8-14-20(18(17)15-19)13-7-6-11-16-9-4-3-5-10-16/h3-5,9-10,17-18H,2,6-8,11-15,19H2,1H3. The van der Waals surface area contributed by atoms with Crippen LogP contribution < -0.4 is 5.73 Å². The fourth-order valence-electron chi connectivity index (χ4n) is 3.60. The van der Waals surface area contributed by atoms with Crippen LogP contribution in [-0.2, 0) is 6.42 Å². The first-order valence-electron chi connectivity index (χ1n) is 8.33. The molecule has 2 atom stereocenters. The van der Waals surface area contributed by atoms with Gasteiger partial charge in [-0.25, -0.2) is 0 Å². The highest BCUT2D eigenvalue weighted by Gasteiger charge is 2.28. The number of hydrogen-bond acceptors (Lipinski definition) is 2. The van der Waals surface area contributed by atoms with E-state index in [4.69, 9.17) is 5.73 Å². The van der Waals surface area contributed by atoms with Crippen LogP contribution in [0, 0.1) is 5.92 Å². The fraction of sp³-hybridized carbons (Fsp3) is 0.667. The van der Waals surface area contributed by atoms with Gasteiger partial charge < -0.3 is 5.73 Å². The lowest BCUT2D eigenvalue weighted by molar-refractivity contribution is 0.0936. The smallest absolute Gasteiger partial charge is 0.0246 e. The largest absolute Gasteiger partial charge is 0.329 e. The SMILES string of the molecule is CCC1CCCN(CCCCc2ccccc2)C1CN. The van der Waals surface area contributed by atoms with E-state index >= 15 is 0 Å². The Bertz CT molecular complexity index is 363. The van der Waals surface area contributed by atoms with Gasteiger partial charge in [-0.3, -0.25) is 4.90 Å². The molecule has 0 aromatic heterocycles. The fourth-order valence-corrected chi connectivity index (χ4v) is 3.60. The van der Waals surface area contributed by atoms with Crippen molar-refractivity contribution in [2.75, 3.05) is 19.6 Å². The van der Waals surface area contributed by atoms with E-state index in [0.717, 1.165) is 12.5 Å². The molecule has 1 aromatic carbocycles. The van der Waals surface area contributed by atoms with Gasteiger partial charge in [-0.15, -0.1) is 0 Å². The molecule has 2 heteroatoms. The van der Waals surface area contributed by atoms with Crippen molar-refractivity contribution in [1.82, 2.24) is 4.90 Å². The van der Waals surface area contributed by atoms with Crippen LogP contribution in [0.15, 0.2) is 30.3 Å². The first-order chi connectivity index (χ1) is 9.85. The molecule has 1 saturated heterocycles. The Balaban J connectivity index is 1.72. The summed E-state index contributed by atoms with van der Waals surface area (Å²) in [5.41, 5.74) is 7.48. The van der Waals surface area contributed by atoms with Crippen LogP contribution in [0.4, 0.5) is 0 Å². The van der Waals surface area contributed by atoms with Gasteiger partial charge in [0.25, 0.3) is 0 Å². The maximum Gasteiger partial charge on any atom is 0.0246 e. The summed E-state index contributed by atoms with van der Waals surface area (Å²) in [5, 5.41) is 0. The Morgan fingerprint density at radius 2 is 2.00 bits per heavy atom. The lowest BCUT2D eigenvalue weighted by Gasteiger charge is -2.40. The van der Waals surface area contributed by atoms with Crippen LogP contribution in [0.1, 0.15) is 44.6 Å². The highest BCUT2D eigenvalue weighted by atomic mass is 15.2. The molecule has 2 rings (SSSR count). The number of rotatable bonds is 7. The third-order valence-electron chi connectivity index (χ3n) is 4.80. The van der Waals surface area contributed by atoms with Gasteiger partial charge in [0.05, 0.1) is 0 Å². The molecule has 112 valence electrons. The summed E-state index contributed by atoms with van der Waals surface area (Å²) in [6, 6.07) is 11.5. The Kier molecular flexibility index (Phi) is 6.55. The maximum atomic E-state index is 6.01. The van der Waals surface area contributed by atoms with E-state index < -0.39 is 0 Å². The lowest BCUT2D eigenvalue weighted by atomic mass is 9.87. The van der Waals surface area contributed by atoms with E-state index in [-0.39, 0.29) is 0 Å². The van der Waals surface area contributed by atoms with E-state index in [1.807, 2.05) is 0 Å². The van der Waals surface area contributed by atoms with Crippen LogP contribution >= 0.6 is 0 Å². The molecule has 0 spiro atoms. The first-order valence-corrected chi connectivity index (χ1v) is 8.33. The van der Waals surface area contributed by atoms with Crippen LogP contribution in [-0.4, -0.2) is 30.6 Å². The minimum absolute atomic E-state index is 0.630. The van der Waals surface area contributed by atoms with Crippen molar-refractivity contribution in [3.63, 3.8) is 0 Å². The van der Waals surface area contributed by atoms with Gasteiger partial charge in [-0.2, -0.15) is 0 Å². The predicted molar refractivity (Wildman–Crippen MR) is 86.8 cm³/mol. The quantitative estimate of drug-likeness (QED) is 0.772. The molecule has 0 saturated carbocycles. The minimum Gasteiger partial charge on any atom is -0.329 e. The van der Waals surface area contributed by atoms with Crippen LogP contribution in [0.3, 0.4) is 0 Å². The predicted octanol–water partition coefficient (Wildman–Crippen LogP) is 3.46. The molecule has 1 aliphatic heterocycles. The summed E-state index contributed by atoms with van der Waals surface area (Å²) < 4.78 is 0. The van der Waals surface area contributed by atoms with E-state index in [9.17, 15) is 0 Å². The second kappa shape index (κ2) is 8.43. The number of hydrogen-bond donors (Lipinski definition) is 1. The van der Waals surface area contributed by atoms with Gasteiger partial charge in [0, 0.05) is 12.6 Å².